The molecule has 1 aromatic carbocycles. The third-order valence-corrected chi connectivity index (χ3v) is 3.42. The van der Waals surface area contributed by atoms with Crippen molar-refractivity contribution in [2.24, 2.45) is 0 Å². The number of halogens is 2. The number of ether oxygens (including phenoxy) is 1. The van der Waals surface area contributed by atoms with Gasteiger partial charge in [0.1, 0.15) is 5.82 Å². The van der Waals surface area contributed by atoms with Crippen LogP contribution in [0.15, 0.2) is 18.2 Å². The maximum Gasteiger partial charge on any atom is 0.165 e. The average molecular weight is 301 g/mol. The van der Waals surface area contributed by atoms with Gasteiger partial charge in [-0.15, -0.1) is 0 Å². The second-order valence-electron chi connectivity index (χ2n) is 5.53. The molecule has 2 N–H and O–H groups in total. The third kappa shape index (κ3) is 6.40. The predicted molar refractivity (Wildman–Crippen MR) is 79.5 cm³/mol. The Labute approximate surface area is 125 Å². The summed E-state index contributed by atoms with van der Waals surface area (Å²) in [5, 5.41) is 12.7. The first-order chi connectivity index (χ1) is 10.0. The molecule has 0 saturated heterocycles. The molecule has 0 bridgehead atoms. The summed E-state index contributed by atoms with van der Waals surface area (Å²) in [7, 11) is 0. The first-order valence-corrected chi connectivity index (χ1v) is 7.44. The lowest BCUT2D eigenvalue weighted by Crippen LogP contribution is -2.46. The number of hydrogen-bond acceptors (Lipinski definition) is 3. The molecule has 0 fully saturated rings. The van der Waals surface area contributed by atoms with Gasteiger partial charge in [-0.25, -0.2) is 8.78 Å². The molecule has 0 aliphatic rings. The van der Waals surface area contributed by atoms with Crippen LogP contribution in [0.5, 0.6) is 5.75 Å². The zero-order valence-electron chi connectivity index (χ0n) is 12.8. The highest BCUT2D eigenvalue weighted by atomic mass is 19.1. The Morgan fingerprint density at radius 1 is 1.29 bits per heavy atom. The normalized spacial score (nSPS) is 14.0. The Bertz CT molecular complexity index is 429. The molecule has 1 rings (SSSR count). The summed E-state index contributed by atoms with van der Waals surface area (Å²) in [6.45, 7) is 5.33. The fourth-order valence-corrected chi connectivity index (χ4v) is 2.04. The number of aliphatic hydroxyl groups excluding tert-OH is 1. The summed E-state index contributed by atoms with van der Waals surface area (Å²) < 4.78 is 31.5. The highest BCUT2D eigenvalue weighted by Gasteiger charge is 2.21. The minimum atomic E-state index is -0.554. The van der Waals surface area contributed by atoms with Crippen LogP contribution >= 0.6 is 0 Å². The molecule has 0 aliphatic carbocycles. The van der Waals surface area contributed by atoms with Crippen molar-refractivity contribution in [1.82, 2.24) is 5.32 Å². The van der Waals surface area contributed by atoms with Gasteiger partial charge < -0.3 is 15.2 Å². The van der Waals surface area contributed by atoms with E-state index in [1.807, 2.05) is 6.92 Å². The second-order valence-corrected chi connectivity index (χ2v) is 5.53. The Kier molecular flexibility index (Phi) is 7.61. The largest absolute Gasteiger partial charge is 0.490 e. The van der Waals surface area contributed by atoms with E-state index in [-0.39, 0.29) is 17.9 Å². The van der Waals surface area contributed by atoms with Gasteiger partial charge in [0, 0.05) is 11.6 Å². The van der Waals surface area contributed by atoms with Crippen molar-refractivity contribution in [1.29, 1.82) is 0 Å². The first-order valence-electron chi connectivity index (χ1n) is 7.44. The van der Waals surface area contributed by atoms with Crippen LogP contribution < -0.4 is 10.1 Å². The molecule has 0 saturated carbocycles. The van der Waals surface area contributed by atoms with E-state index in [0.717, 1.165) is 50.4 Å². The Morgan fingerprint density at radius 2 is 2.05 bits per heavy atom. The Balaban J connectivity index is 2.29. The molecule has 0 aliphatic heterocycles. The molecule has 0 spiro atoms. The Morgan fingerprint density at radius 3 is 2.71 bits per heavy atom. The predicted octanol–water partition coefficient (Wildman–Crippen LogP) is 3.26. The van der Waals surface area contributed by atoms with Gasteiger partial charge >= 0.3 is 0 Å². The van der Waals surface area contributed by atoms with Crippen molar-refractivity contribution in [3.8, 4) is 5.75 Å². The van der Waals surface area contributed by atoms with Crippen molar-refractivity contribution < 1.29 is 18.6 Å². The first kappa shape index (κ1) is 17.9. The minimum absolute atomic E-state index is 0.0518. The summed E-state index contributed by atoms with van der Waals surface area (Å²) in [4.78, 5) is 0. The van der Waals surface area contributed by atoms with Crippen LogP contribution in [0, 0.1) is 11.6 Å². The summed E-state index contributed by atoms with van der Waals surface area (Å²) >= 11 is 0. The fourth-order valence-electron chi connectivity index (χ4n) is 2.04. The molecule has 1 aromatic rings. The van der Waals surface area contributed by atoms with E-state index in [4.69, 9.17) is 4.74 Å². The van der Waals surface area contributed by atoms with Gasteiger partial charge in [0.15, 0.2) is 11.6 Å². The van der Waals surface area contributed by atoms with Crippen molar-refractivity contribution in [2.75, 3.05) is 19.8 Å². The lowest BCUT2D eigenvalue weighted by atomic mass is 9.95. The molecular formula is C16H25F2NO2. The van der Waals surface area contributed by atoms with Gasteiger partial charge in [-0.1, -0.05) is 6.92 Å². The lowest BCUT2D eigenvalue weighted by molar-refractivity contribution is 0.160. The van der Waals surface area contributed by atoms with E-state index in [2.05, 4.69) is 12.2 Å². The summed E-state index contributed by atoms with van der Waals surface area (Å²) in [5.41, 5.74) is -0.292. The number of aliphatic hydroxyl groups is 1. The SMILES string of the molecule is CCCNC(C)(CO)CCCCOc1cc(F)ccc1F. The smallest absolute Gasteiger partial charge is 0.165 e. The molecule has 21 heavy (non-hydrogen) atoms. The van der Waals surface area contributed by atoms with E-state index < -0.39 is 11.6 Å². The van der Waals surface area contributed by atoms with Gasteiger partial charge in [-0.2, -0.15) is 0 Å². The monoisotopic (exact) mass is 301 g/mol. The minimum Gasteiger partial charge on any atom is -0.490 e. The maximum absolute atomic E-state index is 13.3. The van der Waals surface area contributed by atoms with Crippen LogP contribution in [-0.2, 0) is 0 Å². The highest BCUT2D eigenvalue weighted by molar-refractivity contribution is 5.24. The molecule has 0 heterocycles. The molecule has 1 atom stereocenters. The quantitative estimate of drug-likeness (QED) is 0.652. The topological polar surface area (TPSA) is 41.5 Å². The summed E-state index contributed by atoms with van der Waals surface area (Å²) in [5.74, 6) is -1.12. The molecule has 3 nitrogen and oxygen atoms in total. The molecule has 120 valence electrons. The van der Waals surface area contributed by atoms with Crippen molar-refractivity contribution in [3.63, 3.8) is 0 Å². The maximum atomic E-state index is 13.3. The zero-order valence-corrected chi connectivity index (χ0v) is 12.8. The van der Waals surface area contributed by atoms with E-state index in [1.54, 1.807) is 0 Å². The Hall–Kier alpha value is -1.20. The van der Waals surface area contributed by atoms with E-state index >= 15 is 0 Å². The number of hydrogen-bond donors (Lipinski definition) is 2. The zero-order chi connectivity index (χ0) is 15.7. The van der Waals surface area contributed by atoms with Gasteiger partial charge in [-0.05, 0) is 51.3 Å². The average Bonchev–Trinajstić information content (AvgIpc) is 2.48. The van der Waals surface area contributed by atoms with E-state index in [1.165, 1.54) is 0 Å². The fraction of sp³-hybridized carbons (Fsp3) is 0.625. The molecule has 0 amide bonds. The number of nitrogens with one attached hydrogen (secondary N) is 1. The third-order valence-electron chi connectivity index (χ3n) is 3.42. The summed E-state index contributed by atoms with van der Waals surface area (Å²) in [6.07, 6.45) is 3.38. The van der Waals surface area contributed by atoms with Crippen molar-refractivity contribution in [2.45, 2.75) is 45.1 Å². The van der Waals surface area contributed by atoms with Crippen LogP contribution in [0.2, 0.25) is 0 Å². The van der Waals surface area contributed by atoms with Crippen molar-refractivity contribution in [3.05, 3.63) is 29.8 Å². The lowest BCUT2D eigenvalue weighted by Gasteiger charge is -2.28. The van der Waals surface area contributed by atoms with Crippen LogP contribution in [0.3, 0.4) is 0 Å². The standard InChI is InChI=1S/C16H25F2NO2/c1-3-9-19-16(2,12-20)8-4-5-10-21-15-11-13(17)6-7-14(15)18/h6-7,11,19-20H,3-5,8-10,12H2,1-2H3. The van der Waals surface area contributed by atoms with Crippen LogP contribution in [0.25, 0.3) is 0 Å². The molecule has 5 heteroatoms. The molecular weight excluding hydrogens is 276 g/mol. The van der Waals surface area contributed by atoms with Crippen molar-refractivity contribution >= 4 is 0 Å². The van der Waals surface area contributed by atoms with Gasteiger partial charge in [-0.3, -0.25) is 0 Å². The van der Waals surface area contributed by atoms with Gasteiger partial charge in [0.05, 0.1) is 13.2 Å². The molecule has 0 radical (unpaired) electrons. The number of rotatable bonds is 10. The summed E-state index contributed by atoms with van der Waals surface area (Å²) in [6, 6.07) is 3.17. The van der Waals surface area contributed by atoms with Crippen LogP contribution in [-0.4, -0.2) is 30.4 Å². The van der Waals surface area contributed by atoms with Gasteiger partial charge in [0.2, 0.25) is 0 Å². The van der Waals surface area contributed by atoms with Crippen LogP contribution in [0.4, 0.5) is 8.78 Å². The number of benzene rings is 1. The van der Waals surface area contributed by atoms with Crippen LogP contribution in [0.1, 0.15) is 39.5 Å². The molecule has 1 unspecified atom stereocenters. The van der Waals surface area contributed by atoms with E-state index in [0.29, 0.717) is 6.61 Å². The number of unbranched alkanes of at least 4 members (excludes halogenated alkanes) is 1. The van der Waals surface area contributed by atoms with Gasteiger partial charge in [0.25, 0.3) is 0 Å². The highest BCUT2D eigenvalue weighted by Crippen LogP contribution is 2.19. The molecule has 0 aromatic heterocycles. The van der Waals surface area contributed by atoms with E-state index in [9.17, 15) is 13.9 Å². The second kappa shape index (κ2) is 8.95.